The van der Waals surface area contributed by atoms with E-state index in [1.807, 2.05) is 13.2 Å². The third-order valence-electron chi connectivity index (χ3n) is 1.88. The quantitative estimate of drug-likeness (QED) is 0.536. The lowest BCUT2D eigenvalue weighted by Gasteiger charge is -2.29. The van der Waals surface area contributed by atoms with E-state index in [1.165, 1.54) is 0 Å². The predicted molar refractivity (Wildman–Crippen MR) is 59.1 cm³/mol. The second kappa shape index (κ2) is 4.96. The van der Waals surface area contributed by atoms with Crippen molar-refractivity contribution in [1.82, 2.24) is 0 Å². The van der Waals surface area contributed by atoms with Crippen molar-refractivity contribution in [3.63, 3.8) is 0 Å². The molecule has 2 nitrogen and oxygen atoms in total. The van der Waals surface area contributed by atoms with Crippen molar-refractivity contribution in [2.45, 2.75) is 17.4 Å². The van der Waals surface area contributed by atoms with E-state index in [-0.39, 0.29) is 10.0 Å². The molecular formula is C9H14O2S2. The Hall–Kier alpha value is -0.0900. The molecule has 1 aliphatic heterocycles. The number of allylic oxidation sites excluding steroid dienone is 1. The molecular weight excluding hydrogens is 204 g/mol. The van der Waals surface area contributed by atoms with Crippen LogP contribution in [-0.2, 0) is 9.53 Å². The molecule has 0 fully saturated rings. The number of ether oxygens (including phenoxy) is 1. The van der Waals surface area contributed by atoms with Crippen molar-refractivity contribution in [1.29, 1.82) is 0 Å². The van der Waals surface area contributed by atoms with Crippen molar-refractivity contribution in [2.24, 2.45) is 0 Å². The topological polar surface area (TPSA) is 26.3 Å². The first-order valence-electron chi connectivity index (χ1n) is 4.26. The fourth-order valence-corrected chi connectivity index (χ4v) is 3.21. The molecule has 0 spiro atoms. The van der Waals surface area contributed by atoms with Gasteiger partial charge in [0.15, 0.2) is 4.08 Å². The zero-order valence-corrected chi connectivity index (χ0v) is 9.54. The van der Waals surface area contributed by atoms with Gasteiger partial charge < -0.3 is 4.74 Å². The Morgan fingerprint density at radius 2 is 2.46 bits per heavy atom. The molecule has 0 amide bonds. The average Bonchev–Trinajstić information content (AvgIpc) is 2.19. The minimum Gasteiger partial charge on any atom is -0.464 e. The highest BCUT2D eigenvalue weighted by Crippen LogP contribution is 2.42. The highest BCUT2D eigenvalue weighted by atomic mass is 32.2. The first-order valence-corrected chi connectivity index (χ1v) is 6.47. The van der Waals surface area contributed by atoms with Gasteiger partial charge in [-0.05, 0) is 13.2 Å². The van der Waals surface area contributed by atoms with Crippen LogP contribution < -0.4 is 0 Å². The summed E-state index contributed by atoms with van der Waals surface area (Å²) < 4.78 is 4.68. The van der Waals surface area contributed by atoms with Crippen LogP contribution in [0.5, 0.6) is 0 Å². The van der Waals surface area contributed by atoms with Gasteiger partial charge in [0.05, 0.1) is 6.61 Å². The maximum Gasteiger partial charge on any atom is 0.332 e. The maximum absolute atomic E-state index is 11.7. The van der Waals surface area contributed by atoms with E-state index in [2.05, 4.69) is 12.2 Å². The van der Waals surface area contributed by atoms with Crippen molar-refractivity contribution < 1.29 is 9.53 Å². The van der Waals surface area contributed by atoms with Crippen LogP contribution >= 0.6 is 23.5 Å². The summed E-state index contributed by atoms with van der Waals surface area (Å²) in [4.78, 5) is 11.7. The molecule has 1 rings (SSSR count). The first-order chi connectivity index (χ1) is 6.25. The molecule has 0 aromatic rings. The minimum absolute atomic E-state index is 0.0862. The van der Waals surface area contributed by atoms with Crippen LogP contribution in [0.15, 0.2) is 12.2 Å². The van der Waals surface area contributed by atoms with E-state index in [0.29, 0.717) is 6.61 Å². The summed E-state index contributed by atoms with van der Waals surface area (Å²) in [5, 5.41) is 0. The van der Waals surface area contributed by atoms with Gasteiger partial charge in [-0.3, -0.25) is 0 Å². The van der Waals surface area contributed by atoms with E-state index in [1.54, 1.807) is 23.5 Å². The SMILES string of the molecule is CCOC(=O)C1(SC)CC=CCS1. The van der Waals surface area contributed by atoms with Gasteiger partial charge in [-0.25, -0.2) is 4.79 Å². The molecule has 0 aliphatic carbocycles. The second-order valence-corrected chi connectivity index (χ2v) is 5.35. The molecule has 1 heterocycles. The lowest BCUT2D eigenvalue weighted by Crippen LogP contribution is -2.34. The largest absolute Gasteiger partial charge is 0.464 e. The molecule has 1 atom stereocenters. The van der Waals surface area contributed by atoms with Crippen molar-refractivity contribution >= 4 is 29.5 Å². The fourth-order valence-electron chi connectivity index (χ4n) is 1.16. The molecule has 0 radical (unpaired) electrons. The average molecular weight is 218 g/mol. The highest BCUT2D eigenvalue weighted by molar-refractivity contribution is 8.19. The second-order valence-electron chi connectivity index (χ2n) is 2.66. The summed E-state index contributed by atoms with van der Waals surface area (Å²) in [5.74, 6) is 0.816. The summed E-state index contributed by atoms with van der Waals surface area (Å²) in [6, 6.07) is 0. The van der Waals surface area contributed by atoms with Gasteiger partial charge in [0.25, 0.3) is 0 Å². The lowest BCUT2D eigenvalue weighted by molar-refractivity contribution is -0.143. The van der Waals surface area contributed by atoms with Crippen LogP contribution in [0.25, 0.3) is 0 Å². The molecule has 13 heavy (non-hydrogen) atoms. The highest BCUT2D eigenvalue weighted by Gasteiger charge is 2.39. The summed E-state index contributed by atoms with van der Waals surface area (Å²) in [6.07, 6.45) is 6.89. The number of esters is 1. The normalized spacial score (nSPS) is 27.2. The Bertz CT molecular complexity index is 216. The third-order valence-corrected chi connectivity index (χ3v) is 4.89. The zero-order chi connectivity index (χ0) is 9.73. The molecule has 0 aromatic carbocycles. The standard InChI is InChI=1S/C9H14O2S2/c1-3-11-8(10)9(12-2)6-4-5-7-13-9/h4-5H,3,6-7H2,1-2H3. The summed E-state index contributed by atoms with van der Waals surface area (Å²) in [5.41, 5.74) is 0. The van der Waals surface area contributed by atoms with E-state index >= 15 is 0 Å². The zero-order valence-electron chi connectivity index (χ0n) is 7.91. The number of hydrogen-bond acceptors (Lipinski definition) is 4. The van der Waals surface area contributed by atoms with Crippen LogP contribution in [0.2, 0.25) is 0 Å². The number of thioether (sulfide) groups is 2. The van der Waals surface area contributed by atoms with E-state index < -0.39 is 0 Å². The van der Waals surface area contributed by atoms with Crippen LogP contribution in [0.4, 0.5) is 0 Å². The van der Waals surface area contributed by atoms with Crippen LogP contribution in [0, 0.1) is 0 Å². The molecule has 0 bridgehead atoms. The van der Waals surface area contributed by atoms with Crippen molar-refractivity contribution in [3.8, 4) is 0 Å². The lowest BCUT2D eigenvalue weighted by atomic mass is 10.2. The van der Waals surface area contributed by atoms with Crippen LogP contribution in [0.3, 0.4) is 0 Å². The molecule has 0 saturated carbocycles. The predicted octanol–water partition coefficient (Wildman–Crippen LogP) is 2.30. The van der Waals surface area contributed by atoms with Gasteiger partial charge >= 0.3 is 5.97 Å². The number of rotatable bonds is 3. The van der Waals surface area contributed by atoms with E-state index in [9.17, 15) is 4.79 Å². The Balaban J connectivity index is 2.68. The molecule has 74 valence electrons. The van der Waals surface area contributed by atoms with E-state index in [0.717, 1.165) is 12.2 Å². The Kier molecular flexibility index (Phi) is 4.19. The Morgan fingerprint density at radius 3 is 2.92 bits per heavy atom. The minimum atomic E-state index is -0.384. The third kappa shape index (κ3) is 2.44. The van der Waals surface area contributed by atoms with Gasteiger partial charge in [-0.1, -0.05) is 12.2 Å². The van der Waals surface area contributed by atoms with E-state index in [4.69, 9.17) is 4.74 Å². The number of hydrogen-bond donors (Lipinski definition) is 0. The van der Waals surface area contributed by atoms with Crippen LogP contribution in [-0.4, -0.2) is 28.7 Å². The Morgan fingerprint density at radius 1 is 1.69 bits per heavy atom. The van der Waals surface area contributed by atoms with Gasteiger partial charge in [0.2, 0.25) is 0 Å². The maximum atomic E-state index is 11.7. The molecule has 1 unspecified atom stereocenters. The van der Waals surface area contributed by atoms with Crippen molar-refractivity contribution in [3.05, 3.63) is 12.2 Å². The molecule has 1 aliphatic rings. The van der Waals surface area contributed by atoms with Gasteiger partial charge in [-0.2, -0.15) is 0 Å². The van der Waals surface area contributed by atoms with Gasteiger partial charge in [0, 0.05) is 12.2 Å². The molecule has 0 N–H and O–H groups in total. The summed E-state index contributed by atoms with van der Waals surface area (Å²) >= 11 is 3.24. The monoisotopic (exact) mass is 218 g/mol. The summed E-state index contributed by atoms with van der Waals surface area (Å²) in [6.45, 7) is 2.31. The van der Waals surface area contributed by atoms with Crippen molar-refractivity contribution in [2.75, 3.05) is 18.6 Å². The number of carbonyl (C=O) groups is 1. The fraction of sp³-hybridized carbons (Fsp3) is 0.667. The molecule has 4 heteroatoms. The first kappa shape index (κ1) is 11.0. The van der Waals surface area contributed by atoms with Crippen LogP contribution in [0.1, 0.15) is 13.3 Å². The molecule has 0 saturated heterocycles. The Labute approximate surface area is 87.5 Å². The van der Waals surface area contributed by atoms with Gasteiger partial charge in [-0.15, -0.1) is 23.5 Å². The summed E-state index contributed by atoms with van der Waals surface area (Å²) in [7, 11) is 0. The number of carbonyl (C=O) groups excluding carboxylic acids is 1. The molecule has 0 aromatic heterocycles. The van der Waals surface area contributed by atoms with Gasteiger partial charge in [0.1, 0.15) is 0 Å². The smallest absolute Gasteiger partial charge is 0.332 e.